The summed E-state index contributed by atoms with van der Waals surface area (Å²) >= 11 is 2.40. The zero-order valence-electron chi connectivity index (χ0n) is 17.1. The second kappa shape index (κ2) is 14.2. The van der Waals surface area contributed by atoms with Gasteiger partial charge in [-0.05, 0) is 94.1 Å². The summed E-state index contributed by atoms with van der Waals surface area (Å²) in [5.74, 6) is 0.979. The van der Waals surface area contributed by atoms with Gasteiger partial charge in [0.25, 0.3) is 0 Å². The lowest BCUT2D eigenvalue weighted by atomic mass is 10.0. The van der Waals surface area contributed by atoms with Gasteiger partial charge in [-0.15, -0.1) is 0 Å². The monoisotopic (exact) mass is 454 g/mol. The van der Waals surface area contributed by atoms with Crippen LogP contribution in [0.4, 0.5) is 0 Å². The number of ether oxygens (including phenoxy) is 1. The second-order valence-electron chi connectivity index (χ2n) is 6.66. The number of unbranched alkanes of at least 4 members (excludes halogenated alkanes) is 1. The van der Waals surface area contributed by atoms with E-state index in [2.05, 4.69) is 101 Å². The van der Waals surface area contributed by atoms with E-state index in [1.807, 2.05) is 6.92 Å². The molecule has 0 rings (SSSR count). The Balaban J connectivity index is 4.82. The number of hydrogen-bond donors (Lipinski definition) is 0. The van der Waals surface area contributed by atoms with Crippen LogP contribution >= 0.6 is 22.6 Å². The first kappa shape index (κ1) is 24.0. The van der Waals surface area contributed by atoms with Crippen molar-refractivity contribution in [2.75, 3.05) is 11.0 Å². The number of allylic oxidation sites excluding steroid dienone is 12. The van der Waals surface area contributed by atoms with Gasteiger partial charge in [-0.25, -0.2) is 0 Å². The van der Waals surface area contributed by atoms with Gasteiger partial charge in [-0.1, -0.05) is 58.5 Å². The van der Waals surface area contributed by atoms with Crippen LogP contribution in [-0.4, -0.2) is 11.0 Å². The van der Waals surface area contributed by atoms with E-state index in [0.717, 1.165) is 18.8 Å². The van der Waals surface area contributed by atoms with E-state index in [-0.39, 0.29) is 0 Å². The van der Waals surface area contributed by atoms with Gasteiger partial charge in [-0.2, -0.15) is 0 Å². The molecule has 1 nitrogen and oxygen atoms in total. The molecule has 0 saturated carbocycles. The van der Waals surface area contributed by atoms with Crippen molar-refractivity contribution in [2.45, 2.75) is 61.3 Å². The molecule has 0 amide bonds. The molecular formula is C23H35IO. The van der Waals surface area contributed by atoms with E-state index < -0.39 is 0 Å². The molecule has 0 aliphatic heterocycles. The first-order valence-electron chi connectivity index (χ1n) is 8.99. The minimum Gasteiger partial charge on any atom is -0.498 e. The third kappa shape index (κ3) is 12.9. The number of rotatable bonds is 10. The zero-order chi connectivity index (χ0) is 19.2. The van der Waals surface area contributed by atoms with Crippen molar-refractivity contribution in [1.29, 1.82) is 0 Å². The van der Waals surface area contributed by atoms with Gasteiger partial charge in [-0.3, -0.25) is 0 Å². The first-order chi connectivity index (χ1) is 11.8. The van der Waals surface area contributed by atoms with Crippen LogP contribution in [-0.2, 0) is 4.74 Å². The van der Waals surface area contributed by atoms with Crippen LogP contribution in [0.15, 0.2) is 70.1 Å². The summed E-state index contributed by atoms with van der Waals surface area (Å²) in [5, 5.41) is 0. The van der Waals surface area contributed by atoms with Gasteiger partial charge in [0, 0.05) is 0 Å². The highest BCUT2D eigenvalue weighted by atomic mass is 127. The Labute approximate surface area is 169 Å². The molecule has 0 aromatic carbocycles. The largest absolute Gasteiger partial charge is 0.498 e. The van der Waals surface area contributed by atoms with E-state index in [1.165, 1.54) is 38.7 Å². The third-order valence-corrected chi connectivity index (χ3v) is 4.68. The van der Waals surface area contributed by atoms with Crippen LogP contribution in [0.3, 0.4) is 0 Å². The van der Waals surface area contributed by atoms with Gasteiger partial charge >= 0.3 is 0 Å². The molecule has 0 bridgehead atoms. The molecule has 2 heteroatoms. The van der Waals surface area contributed by atoms with Crippen molar-refractivity contribution in [3.8, 4) is 0 Å². The molecule has 0 unspecified atom stereocenters. The lowest BCUT2D eigenvalue weighted by Gasteiger charge is -2.05. The molecule has 0 atom stereocenters. The van der Waals surface area contributed by atoms with Crippen LogP contribution in [0.25, 0.3) is 0 Å². The highest BCUT2D eigenvalue weighted by Gasteiger charge is 1.94. The minimum atomic E-state index is 0.812. The molecule has 0 N–H and O–H groups in total. The van der Waals surface area contributed by atoms with E-state index in [1.54, 1.807) is 0 Å². The summed E-state index contributed by atoms with van der Waals surface area (Å²) in [5.41, 5.74) is 6.42. The first-order valence-corrected chi connectivity index (χ1v) is 10.5. The van der Waals surface area contributed by atoms with Crippen LogP contribution in [0.2, 0.25) is 0 Å². The Bertz CT molecular complexity index is 579. The van der Waals surface area contributed by atoms with Crippen LogP contribution in [0.1, 0.15) is 61.3 Å². The molecule has 0 radical (unpaired) electrons. The second-order valence-corrected chi connectivity index (χ2v) is 7.74. The average molecular weight is 454 g/mol. The van der Waals surface area contributed by atoms with Gasteiger partial charge in [0.1, 0.15) is 0 Å². The Morgan fingerprint density at radius 3 is 1.52 bits per heavy atom. The molecule has 0 aromatic rings. The lowest BCUT2D eigenvalue weighted by Crippen LogP contribution is -1.92. The fourth-order valence-electron chi connectivity index (χ4n) is 1.79. The van der Waals surface area contributed by atoms with Gasteiger partial charge in [0.05, 0.1) is 12.4 Å². The number of alkyl halides is 1. The standard InChI is InChI=1S/C23H35IO/c1-18(2)10-11-19(3)20(4)12-13-21(5)22(6)14-15-23(7)25-17-9-8-16-24/h10-15H,8-9,16-17H2,1-7H3/b19-11+,20-12+,21-13+,22-14+,23-15+. The molecule has 0 aliphatic carbocycles. The summed E-state index contributed by atoms with van der Waals surface area (Å²) in [7, 11) is 0. The fraction of sp³-hybridized carbons (Fsp3) is 0.478. The van der Waals surface area contributed by atoms with Crippen LogP contribution in [0.5, 0.6) is 0 Å². The van der Waals surface area contributed by atoms with Gasteiger partial charge < -0.3 is 4.74 Å². The lowest BCUT2D eigenvalue weighted by molar-refractivity contribution is 0.210. The smallest absolute Gasteiger partial charge is 0.0928 e. The summed E-state index contributed by atoms with van der Waals surface area (Å²) in [6, 6.07) is 0. The van der Waals surface area contributed by atoms with Crippen molar-refractivity contribution in [3.63, 3.8) is 0 Å². The topological polar surface area (TPSA) is 9.23 Å². The van der Waals surface area contributed by atoms with Crippen molar-refractivity contribution in [2.24, 2.45) is 0 Å². The number of halogens is 1. The zero-order valence-corrected chi connectivity index (χ0v) is 19.2. The molecule has 140 valence electrons. The predicted molar refractivity (Wildman–Crippen MR) is 122 cm³/mol. The SMILES string of the molecule is CC(C)=C/C=C(C)/C(C)=C/C=C(C)/C(C)=C/C=C(\C)OCCCCI. The Morgan fingerprint density at radius 1 is 0.640 bits per heavy atom. The normalized spacial score (nSPS) is 14.6. The predicted octanol–water partition coefficient (Wildman–Crippen LogP) is 7.87. The quantitative estimate of drug-likeness (QED) is 0.107. The van der Waals surface area contributed by atoms with E-state index in [4.69, 9.17) is 4.74 Å². The van der Waals surface area contributed by atoms with E-state index >= 15 is 0 Å². The molecule has 0 heterocycles. The maximum absolute atomic E-state index is 5.72. The summed E-state index contributed by atoms with van der Waals surface area (Å²) < 4.78 is 6.92. The van der Waals surface area contributed by atoms with Gasteiger partial charge in [0.2, 0.25) is 0 Å². The van der Waals surface area contributed by atoms with Crippen molar-refractivity contribution in [3.05, 3.63) is 70.1 Å². The highest BCUT2D eigenvalue weighted by molar-refractivity contribution is 14.1. The molecule has 0 spiro atoms. The van der Waals surface area contributed by atoms with Crippen molar-refractivity contribution < 1.29 is 4.74 Å². The van der Waals surface area contributed by atoms with Crippen LogP contribution in [0, 0.1) is 0 Å². The fourth-order valence-corrected chi connectivity index (χ4v) is 2.33. The molecule has 0 saturated heterocycles. The summed E-state index contributed by atoms with van der Waals surface area (Å²) in [6.07, 6.45) is 15.2. The van der Waals surface area contributed by atoms with E-state index in [0.29, 0.717) is 0 Å². The van der Waals surface area contributed by atoms with E-state index in [9.17, 15) is 0 Å². The third-order valence-electron chi connectivity index (χ3n) is 3.92. The molecule has 0 aliphatic rings. The minimum absolute atomic E-state index is 0.812. The van der Waals surface area contributed by atoms with Gasteiger partial charge in [0.15, 0.2) is 0 Å². The molecule has 25 heavy (non-hydrogen) atoms. The summed E-state index contributed by atoms with van der Waals surface area (Å²) in [6.45, 7) is 15.7. The molecule has 0 fully saturated rings. The molecule has 0 aromatic heterocycles. The van der Waals surface area contributed by atoms with Crippen LogP contribution < -0.4 is 0 Å². The summed E-state index contributed by atoms with van der Waals surface area (Å²) in [4.78, 5) is 0. The average Bonchev–Trinajstić information content (AvgIpc) is 2.58. The van der Waals surface area contributed by atoms with Crippen molar-refractivity contribution >= 4 is 22.6 Å². The Kier molecular flexibility index (Phi) is 13.6. The maximum Gasteiger partial charge on any atom is 0.0928 e. The Morgan fingerprint density at radius 2 is 1.08 bits per heavy atom. The highest BCUT2D eigenvalue weighted by Crippen LogP contribution is 2.14. The number of hydrogen-bond acceptors (Lipinski definition) is 1. The Hall–Kier alpha value is -1.03. The maximum atomic E-state index is 5.72. The van der Waals surface area contributed by atoms with Crippen molar-refractivity contribution in [1.82, 2.24) is 0 Å². The molecular weight excluding hydrogens is 419 g/mol.